The number of fused-ring (bicyclic) bond motifs is 2. The number of anilines is 1. The zero-order valence-electron chi connectivity index (χ0n) is 16.9. The number of hydrogen-bond acceptors (Lipinski definition) is 4. The Morgan fingerprint density at radius 3 is 2.72 bits per heavy atom. The van der Waals surface area contributed by atoms with E-state index in [1.54, 1.807) is 4.40 Å². The molecule has 150 valence electrons. The van der Waals surface area contributed by atoms with E-state index in [1.807, 2.05) is 19.3 Å². The monoisotopic (exact) mass is 392 g/mol. The summed E-state index contributed by atoms with van der Waals surface area (Å²) in [4.78, 5) is 6.89. The fraction of sp³-hybridized carbons (Fsp3) is 0.348. The van der Waals surface area contributed by atoms with Gasteiger partial charge in [0.15, 0.2) is 11.5 Å². The molecule has 4 heterocycles. The molecule has 0 bridgehead atoms. The van der Waals surface area contributed by atoms with Gasteiger partial charge in [-0.25, -0.2) is 9.37 Å². The van der Waals surface area contributed by atoms with Gasteiger partial charge in [0.25, 0.3) is 0 Å². The molecule has 0 spiro atoms. The zero-order valence-corrected chi connectivity index (χ0v) is 16.9. The van der Waals surface area contributed by atoms with Crippen LogP contribution in [-0.4, -0.2) is 41.2 Å². The van der Waals surface area contributed by atoms with Gasteiger partial charge < -0.3 is 19.4 Å². The minimum absolute atomic E-state index is 0.307. The lowest BCUT2D eigenvalue weighted by Crippen LogP contribution is -2.54. The Bertz CT molecular complexity index is 1110. The fourth-order valence-corrected chi connectivity index (χ4v) is 4.38. The van der Waals surface area contributed by atoms with Crippen molar-refractivity contribution in [2.24, 2.45) is 0 Å². The van der Waals surface area contributed by atoms with E-state index in [0.717, 1.165) is 41.2 Å². The third kappa shape index (κ3) is 3.38. The first-order chi connectivity index (χ1) is 14.0. The van der Waals surface area contributed by atoms with E-state index in [-0.39, 0.29) is 5.82 Å². The maximum atomic E-state index is 14.2. The summed E-state index contributed by atoms with van der Waals surface area (Å²) in [6.07, 6.45) is 5.84. The highest BCUT2D eigenvalue weighted by molar-refractivity contribution is 5.85. The van der Waals surface area contributed by atoms with Crippen LogP contribution in [0.4, 0.5) is 10.1 Å². The predicted molar refractivity (Wildman–Crippen MR) is 114 cm³/mol. The Morgan fingerprint density at radius 2 is 1.93 bits per heavy atom. The molecule has 2 unspecified atom stereocenters. The molecule has 6 heteroatoms. The minimum Gasteiger partial charge on any atom is -0.488 e. The molecule has 0 saturated carbocycles. The highest BCUT2D eigenvalue weighted by atomic mass is 19.1. The van der Waals surface area contributed by atoms with E-state index < -0.39 is 0 Å². The van der Waals surface area contributed by atoms with E-state index in [9.17, 15) is 4.39 Å². The van der Waals surface area contributed by atoms with Gasteiger partial charge in [-0.1, -0.05) is 0 Å². The van der Waals surface area contributed by atoms with Crippen molar-refractivity contribution in [2.45, 2.75) is 32.9 Å². The molecule has 1 N–H and O–H groups in total. The molecule has 0 aliphatic carbocycles. The van der Waals surface area contributed by atoms with Crippen LogP contribution in [0.25, 0.3) is 17.3 Å². The molecular weight excluding hydrogens is 367 g/mol. The third-order valence-electron chi connectivity index (χ3n) is 5.60. The first-order valence-corrected chi connectivity index (χ1v) is 10.1. The summed E-state index contributed by atoms with van der Waals surface area (Å²) in [5.41, 5.74) is 5.12. The molecular formula is C23H25FN4O. The number of piperazine rings is 1. The van der Waals surface area contributed by atoms with E-state index >= 15 is 0 Å². The largest absolute Gasteiger partial charge is 0.488 e. The van der Waals surface area contributed by atoms with Crippen LogP contribution < -0.4 is 15.0 Å². The topological polar surface area (TPSA) is 41.8 Å². The van der Waals surface area contributed by atoms with Crippen LogP contribution in [0.3, 0.4) is 0 Å². The number of nitrogens with one attached hydrogen (secondary N) is 1. The zero-order chi connectivity index (χ0) is 20.1. The number of aromatic nitrogens is 2. The van der Waals surface area contributed by atoms with Gasteiger partial charge in [-0.05, 0) is 50.6 Å². The van der Waals surface area contributed by atoms with Crippen LogP contribution >= 0.6 is 0 Å². The Hall–Kier alpha value is -2.86. The summed E-state index contributed by atoms with van der Waals surface area (Å²) in [6.45, 7) is 8.69. The third-order valence-corrected chi connectivity index (χ3v) is 5.60. The first kappa shape index (κ1) is 18.2. The van der Waals surface area contributed by atoms with Gasteiger partial charge in [0.2, 0.25) is 0 Å². The molecule has 1 aromatic carbocycles. The molecule has 1 fully saturated rings. The van der Waals surface area contributed by atoms with Crippen molar-refractivity contribution in [1.82, 2.24) is 14.7 Å². The van der Waals surface area contributed by atoms with Crippen molar-refractivity contribution >= 4 is 23.0 Å². The number of aryl methyl sites for hydroxylation is 1. The van der Waals surface area contributed by atoms with Gasteiger partial charge in [-0.2, -0.15) is 0 Å². The quantitative estimate of drug-likeness (QED) is 0.718. The SMILES string of the molecule is Cc1cc(F)c2nc(C3=Cc4ccc(N5CC(C)NC(C)C5)cc4OC3)cn2c1. The Morgan fingerprint density at radius 1 is 1.14 bits per heavy atom. The molecule has 0 radical (unpaired) electrons. The highest BCUT2D eigenvalue weighted by Gasteiger charge is 2.23. The maximum Gasteiger partial charge on any atom is 0.173 e. The van der Waals surface area contributed by atoms with Crippen molar-refractivity contribution in [3.8, 4) is 5.75 Å². The van der Waals surface area contributed by atoms with Crippen molar-refractivity contribution in [3.63, 3.8) is 0 Å². The fourth-order valence-electron chi connectivity index (χ4n) is 4.38. The van der Waals surface area contributed by atoms with Gasteiger partial charge in [0.05, 0.1) is 5.69 Å². The lowest BCUT2D eigenvalue weighted by molar-refractivity contribution is 0.364. The Balaban J connectivity index is 1.45. The number of pyridine rings is 1. The summed E-state index contributed by atoms with van der Waals surface area (Å²) >= 11 is 0. The molecule has 3 aromatic rings. The number of halogens is 1. The minimum atomic E-state index is -0.307. The number of rotatable bonds is 2. The first-order valence-electron chi connectivity index (χ1n) is 10.1. The number of hydrogen-bond donors (Lipinski definition) is 1. The normalized spacial score (nSPS) is 21.7. The smallest absolute Gasteiger partial charge is 0.173 e. The summed E-state index contributed by atoms with van der Waals surface area (Å²) in [5.74, 6) is 0.578. The van der Waals surface area contributed by atoms with Crippen molar-refractivity contribution < 1.29 is 9.13 Å². The van der Waals surface area contributed by atoms with Crippen molar-refractivity contribution in [3.05, 3.63) is 59.3 Å². The number of imidazole rings is 1. The molecule has 2 atom stereocenters. The summed E-state index contributed by atoms with van der Waals surface area (Å²) in [6, 6.07) is 8.80. The van der Waals surface area contributed by atoms with Crippen LogP contribution in [0.5, 0.6) is 5.75 Å². The standard InChI is InChI=1S/C23H25FN4O/c1-14-6-20(24)23-26-21(12-28(23)9-14)18-7-17-4-5-19(8-22(17)29-13-18)27-10-15(2)25-16(3)11-27/h4-9,12,15-16,25H,10-11,13H2,1-3H3. The van der Waals surface area contributed by atoms with Gasteiger partial charge in [0.1, 0.15) is 12.4 Å². The molecule has 2 aliphatic heterocycles. The summed E-state index contributed by atoms with van der Waals surface area (Å²) < 4.78 is 22.0. The molecule has 5 nitrogen and oxygen atoms in total. The van der Waals surface area contributed by atoms with Crippen LogP contribution in [0.2, 0.25) is 0 Å². The average molecular weight is 392 g/mol. The number of benzene rings is 1. The second-order valence-corrected chi connectivity index (χ2v) is 8.28. The Labute approximate surface area is 169 Å². The number of nitrogens with zero attached hydrogens (tertiary/aromatic N) is 3. The molecule has 1 saturated heterocycles. The van der Waals surface area contributed by atoms with Crippen LogP contribution in [0.15, 0.2) is 36.7 Å². The molecule has 2 aliphatic rings. The van der Waals surface area contributed by atoms with Gasteiger partial charge in [-0.3, -0.25) is 0 Å². The van der Waals surface area contributed by atoms with E-state index in [4.69, 9.17) is 4.74 Å². The lowest BCUT2D eigenvalue weighted by Gasteiger charge is -2.38. The van der Waals surface area contributed by atoms with Crippen LogP contribution in [-0.2, 0) is 0 Å². The maximum absolute atomic E-state index is 14.2. The summed E-state index contributed by atoms with van der Waals surface area (Å²) in [5, 5.41) is 3.57. The predicted octanol–water partition coefficient (Wildman–Crippen LogP) is 3.90. The highest BCUT2D eigenvalue weighted by Crippen LogP contribution is 2.34. The number of ether oxygens (including phenoxy) is 1. The summed E-state index contributed by atoms with van der Waals surface area (Å²) in [7, 11) is 0. The molecule has 2 aromatic heterocycles. The molecule has 5 rings (SSSR count). The second kappa shape index (κ2) is 6.88. The van der Waals surface area contributed by atoms with Crippen LogP contribution in [0.1, 0.15) is 30.7 Å². The van der Waals surface area contributed by atoms with Crippen molar-refractivity contribution in [2.75, 3.05) is 24.6 Å². The van der Waals surface area contributed by atoms with Gasteiger partial charge >= 0.3 is 0 Å². The van der Waals surface area contributed by atoms with Gasteiger partial charge in [-0.15, -0.1) is 0 Å². The molecule has 29 heavy (non-hydrogen) atoms. The van der Waals surface area contributed by atoms with Gasteiger partial charge in [0, 0.05) is 60.5 Å². The van der Waals surface area contributed by atoms with Crippen LogP contribution in [0, 0.1) is 12.7 Å². The van der Waals surface area contributed by atoms with Crippen molar-refractivity contribution in [1.29, 1.82) is 0 Å². The lowest BCUT2D eigenvalue weighted by atomic mass is 10.0. The molecule has 0 amide bonds. The van der Waals surface area contributed by atoms with E-state index in [2.05, 4.69) is 53.3 Å². The van der Waals surface area contributed by atoms with E-state index in [0.29, 0.717) is 24.3 Å². The average Bonchev–Trinajstić information content (AvgIpc) is 3.11. The van der Waals surface area contributed by atoms with E-state index in [1.165, 1.54) is 11.8 Å². The Kier molecular flexibility index (Phi) is 4.32. The second-order valence-electron chi connectivity index (χ2n) is 8.28.